The molecule has 0 aromatic heterocycles. The largest absolute Gasteiger partial charge is 0.299 e. The molecule has 0 heterocycles. The van der Waals surface area contributed by atoms with Crippen molar-refractivity contribution in [3.63, 3.8) is 0 Å². The molecule has 1 heteroatoms. The van der Waals surface area contributed by atoms with E-state index in [2.05, 4.69) is 43.3 Å². The number of carbonyl (C=O) groups excluding carboxylic acids is 1. The lowest BCUT2D eigenvalue weighted by Gasteiger charge is -2.41. The Balaban J connectivity index is 1.65. The number of unbranched alkanes of at least 4 members (excludes halogenated alkanes) is 1. The zero-order valence-corrected chi connectivity index (χ0v) is 15.1. The molecule has 1 spiro atoms. The van der Waals surface area contributed by atoms with E-state index in [9.17, 15) is 4.79 Å². The van der Waals surface area contributed by atoms with E-state index in [4.69, 9.17) is 0 Å². The fourth-order valence-corrected chi connectivity index (χ4v) is 5.69. The van der Waals surface area contributed by atoms with Crippen LogP contribution in [-0.4, -0.2) is 5.78 Å². The second kappa shape index (κ2) is 5.56. The summed E-state index contributed by atoms with van der Waals surface area (Å²) in [4.78, 5) is 12.6. The monoisotopic (exact) mass is 330 g/mol. The molecule has 2 bridgehead atoms. The Labute approximate surface area is 150 Å². The second-order valence-corrected chi connectivity index (χ2v) is 8.52. The van der Waals surface area contributed by atoms with Gasteiger partial charge in [-0.2, -0.15) is 0 Å². The summed E-state index contributed by atoms with van der Waals surface area (Å²) in [6, 6.07) is 11.7. The summed E-state index contributed by atoms with van der Waals surface area (Å²) in [7, 11) is 0. The van der Waals surface area contributed by atoms with Gasteiger partial charge in [0.1, 0.15) is 5.78 Å². The number of hydrogen-bond acceptors (Lipinski definition) is 1. The van der Waals surface area contributed by atoms with Gasteiger partial charge >= 0.3 is 0 Å². The van der Waals surface area contributed by atoms with Gasteiger partial charge < -0.3 is 0 Å². The molecule has 128 valence electrons. The van der Waals surface area contributed by atoms with Crippen molar-refractivity contribution in [2.45, 2.75) is 63.7 Å². The predicted octanol–water partition coefficient (Wildman–Crippen LogP) is 5.68. The molecule has 0 aliphatic heterocycles. The first-order valence-corrected chi connectivity index (χ1v) is 9.93. The third-order valence-corrected chi connectivity index (χ3v) is 6.91. The minimum atomic E-state index is 0.113. The number of carbonyl (C=O) groups is 1. The maximum atomic E-state index is 12.6. The standard InChI is InChI=1S/C24H26O/c1-2-3-4-16-5-7-18-11-20-12-22(25)15-24(23(20)13-19(18)9-16)14-17-6-8-21(24)10-17/h5-7,9,11,13,21H,2-4,8,10,12,14-15H2,1H3. The Morgan fingerprint density at radius 3 is 2.80 bits per heavy atom. The van der Waals surface area contributed by atoms with Gasteiger partial charge in [0.05, 0.1) is 0 Å². The minimum Gasteiger partial charge on any atom is -0.299 e. The van der Waals surface area contributed by atoms with E-state index < -0.39 is 0 Å². The smallest absolute Gasteiger partial charge is 0.138 e. The van der Waals surface area contributed by atoms with Gasteiger partial charge in [-0.1, -0.05) is 55.3 Å². The lowest BCUT2D eigenvalue weighted by atomic mass is 9.62. The van der Waals surface area contributed by atoms with Crippen LogP contribution < -0.4 is 0 Å². The van der Waals surface area contributed by atoms with Crippen molar-refractivity contribution >= 4 is 16.6 Å². The van der Waals surface area contributed by atoms with E-state index in [-0.39, 0.29) is 5.41 Å². The molecule has 1 fully saturated rings. The maximum absolute atomic E-state index is 12.6. The Morgan fingerprint density at radius 2 is 2.04 bits per heavy atom. The molecular formula is C24H26O. The first-order valence-electron chi connectivity index (χ1n) is 9.93. The molecule has 2 unspecified atom stereocenters. The first kappa shape index (κ1) is 15.4. The van der Waals surface area contributed by atoms with Crippen LogP contribution >= 0.6 is 0 Å². The van der Waals surface area contributed by atoms with Crippen LogP contribution in [-0.2, 0) is 23.1 Å². The van der Waals surface area contributed by atoms with Gasteiger partial charge in [0.15, 0.2) is 0 Å². The number of allylic oxidation sites excluding steroid dienone is 2. The fourth-order valence-electron chi connectivity index (χ4n) is 5.69. The van der Waals surface area contributed by atoms with E-state index in [0.29, 0.717) is 18.1 Å². The topological polar surface area (TPSA) is 17.1 Å². The van der Waals surface area contributed by atoms with Gasteiger partial charge in [-0.3, -0.25) is 4.79 Å². The number of fused-ring (bicyclic) bond motifs is 6. The summed E-state index contributed by atoms with van der Waals surface area (Å²) in [5, 5.41) is 2.67. The van der Waals surface area contributed by atoms with Crippen molar-refractivity contribution in [1.29, 1.82) is 0 Å². The van der Waals surface area contributed by atoms with Gasteiger partial charge in [-0.05, 0) is 65.5 Å². The quantitative estimate of drug-likeness (QED) is 0.662. The normalized spacial score (nSPS) is 27.2. The van der Waals surface area contributed by atoms with Crippen molar-refractivity contribution < 1.29 is 4.79 Å². The molecule has 3 aliphatic carbocycles. The molecule has 3 aliphatic rings. The van der Waals surface area contributed by atoms with Gasteiger partial charge in [0.25, 0.3) is 0 Å². The molecule has 25 heavy (non-hydrogen) atoms. The predicted molar refractivity (Wildman–Crippen MR) is 103 cm³/mol. The van der Waals surface area contributed by atoms with Crippen LogP contribution in [0.15, 0.2) is 42.0 Å². The van der Waals surface area contributed by atoms with Crippen molar-refractivity contribution in [3.05, 3.63) is 58.7 Å². The average molecular weight is 330 g/mol. The number of aryl methyl sites for hydroxylation is 1. The number of ketones is 1. The molecule has 2 aromatic carbocycles. The van der Waals surface area contributed by atoms with E-state index >= 15 is 0 Å². The summed E-state index contributed by atoms with van der Waals surface area (Å²) >= 11 is 0. The number of hydrogen-bond donors (Lipinski definition) is 0. The third kappa shape index (κ3) is 2.32. The van der Waals surface area contributed by atoms with E-state index in [0.717, 1.165) is 12.8 Å². The minimum absolute atomic E-state index is 0.113. The zero-order chi connectivity index (χ0) is 17.0. The van der Waals surface area contributed by atoms with Crippen LogP contribution in [0.3, 0.4) is 0 Å². The Bertz CT molecular complexity index is 904. The van der Waals surface area contributed by atoms with Gasteiger partial charge in [-0.25, -0.2) is 0 Å². The molecular weight excluding hydrogens is 304 g/mol. The highest BCUT2D eigenvalue weighted by atomic mass is 16.1. The van der Waals surface area contributed by atoms with E-state index in [1.165, 1.54) is 59.6 Å². The summed E-state index contributed by atoms with van der Waals surface area (Å²) < 4.78 is 0. The number of rotatable bonds is 3. The highest BCUT2D eigenvalue weighted by Gasteiger charge is 2.51. The second-order valence-electron chi connectivity index (χ2n) is 8.52. The van der Waals surface area contributed by atoms with Crippen LogP contribution in [0.1, 0.15) is 62.1 Å². The van der Waals surface area contributed by atoms with Crippen molar-refractivity contribution in [2.24, 2.45) is 5.92 Å². The van der Waals surface area contributed by atoms with Crippen LogP contribution in [0.2, 0.25) is 0 Å². The van der Waals surface area contributed by atoms with Crippen molar-refractivity contribution in [3.8, 4) is 0 Å². The van der Waals surface area contributed by atoms with Gasteiger partial charge in [0, 0.05) is 18.3 Å². The van der Waals surface area contributed by atoms with E-state index in [1.807, 2.05) is 0 Å². The molecule has 2 atom stereocenters. The van der Waals surface area contributed by atoms with Crippen molar-refractivity contribution in [1.82, 2.24) is 0 Å². The maximum Gasteiger partial charge on any atom is 0.138 e. The number of benzene rings is 2. The summed E-state index contributed by atoms with van der Waals surface area (Å²) in [5.41, 5.74) is 5.97. The van der Waals surface area contributed by atoms with Crippen LogP contribution in [0.4, 0.5) is 0 Å². The highest BCUT2D eigenvalue weighted by molar-refractivity contribution is 5.91. The number of Topliss-reactive ketones (excluding diaryl/α,β-unsaturated/α-hetero) is 1. The van der Waals surface area contributed by atoms with Crippen LogP contribution in [0.25, 0.3) is 10.8 Å². The molecule has 0 amide bonds. The zero-order valence-electron chi connectivity index (χ0n) is 15.1. The summed E-state index contributed by atoms with van der Waals surface area (Å²) in [6.45, 7) is 2.25. The van der Waals surface area contributed by atoms with Crippen LogP contribution in [0.5, 0.6) is 0 Å². The summed E-state index contributed by atoms with van der Waals surface area (Å²) in [5.74, 6) is 1.10. The molecule has 2 aromatic rings. The molecule has 0 N–H and O–H groups in total. The average Bonchev–Trinajstić information content (AvgIpc) is 3.20. The first-order chi connectivity index (χ1) is 12.2. The Morgan fingerprint density at radius 1 is 1.12 bits per heavy atom. The SMILES string of the molecule is CCCCc1ccc2cc3c(cc2c1)C1(CC(=O)C3)CC2=CCC1C2. The summed E-state index contributed by atoms with van der Waals surface area (Å²) in [6.07, 6.45) is 11.0. The van der Waals surface area contributed by atoms with Gasteiger partial charge in [-0.15, -0.1) is 0 Å². The molecule has 0 saturated heterocycles. The lowest BCUT2D eigenvalue weighted by molar-refractivity contribution is -0.120. The van der Waals surface area contributed by atoms with E-state index in [1.54, 1.807) is 5.57 Å². The molecule has 1 saturated carbocycles. The Hall–Kier alpha value is -1.89. The Kier molecular flexibility index (Phi) is 3.42. The third-order valence-electron chi connectivity index (χ3n) is 6.91. The lowest BCUT2D eigenvalue weighted by Crippen LogP contribution is -2.39. The van der Waals surface area contributed by atoms with Crippen molar-refractivity contribution in [2.75, 3.05) is 0 Å². The fraction of sp³-hybridized carbons (Fsp3) is 0.458. The molecule has 0 radical (unpaired) electrons. The van der Waals surface area contributed by atoms with Gasteiger partial charge in [0.2, 0.25) is 0 Å². The molecule has 1 nitrogen and oxygen atoms in total. The van der Waals surface area contributed by atoms with Crippen LogP contribution in [0, 0.1) is 5.92 Å². The highest BCUT2D eigenvalue weighted by Crippen LogP contribution is 2.58. The molecule has 5 rings (SSSR count).